The SMILES string of the molecule is COc1ccc(-n2[nH]c(C)c(C(C)=NCCSc3ccc(C)cc3)c2=O)cc1. The molecule has 0 saturated heterocycles. The summed E-state index contributed by atoms with van der Waals surface area (Å²) in [5.41, 5.74) is 4.15. The van der Waals surface area contributed by atoms with E-state index in [2.05, 4.69) is 41.3 Å². The number of methoxy groups -OCH3 is 1. The normalized spacial score (nSPS) is 11.6. The van der Waals surface area contributed by atoms with Crippen LogP contribution < -0.4 is 10.3 Å². The molecule has 0 radical (unpaired) electrons. The molecule has 0 unspecified atom stereocenters. The first-order chi connectivity index (χ1) is 13.5. The third-order valence-corrected chi connectivity index (χ3v) is 5.49. The lowest BCUT2D eigenvalue weighted by Crippen LogP contribution is -2.19. The summed E-state index contributed by atoms with van der Waals surface area (Å²) in [6.07, 6.45) is 0. The van der Waals surface area contributed by atoms with Crippen molar-refractivity contribution in [2.75, 3.05) is 19.4 Å². The predicted octanol–water partition coefficient (Wildman–Crippen LogP) is 4.39. The van der Waals surface area contributed by atoms with E-state index in [1.54, 1.807) is 23.6 Å². The second-order valence-corrected chi connectivity index (χ2v) is 7.75. The Hall–Kier alpha value is -2.73. The minimum atomic E-state index is -0.0879. The molecule has 0 fully saturated rings. The highest BCUT2D eigenvalue weighted by molar-refractivity contribution is 7.99. The molecule has 2 aromatic carbocycles. The number of hydrogen-bond acceptors (Lipinski definition) is 4. The third-order valence-electron chi connectivity index (χ3n) is 4.49. The zero-order chi connectivity index (χ0) is 20.1. The largest absolute Gasteiger partial charge is 0.497 e. The van der Waals surface area contributed by atoms with Crippen molar-refractivity contribution in [2.45, 2.75) is 25.7 Å². The number of benzene rings is 2. The summed E-state index contributed by atoms with van der Waals surface area (Å²) in [5, 5.41) is 3.15. The van der Waals surface area contributed by atoms with E-state index in [1.165, 1.54) is 10.5 Å². The smallest absolute Gasteiger partial charge is 0.280 e. The molecule has 1 aromatic heterocycles. The van der Waals surface area contributed by atoms with E-state index in [9.17, 15) is 4.79 Å². The van der Waals surface area contributed by atoms with Crippen LogP contribution in [0.5, 0.6) is 5.75 Å². The summed E-state index contributed by atoms with van der Waals surface area (Å²) in [7, 11) is 1.62. The molecule has 28 heavy (non-hydrogen) atoms. The first-order valence-corrected chi connectivity index (χ1v) is 10.1. The summed E-state index contributed by atoms with van der Waals surface area (Å²) in [6, 6.07) is 15.8. The first-order valence-electron chi connectivity index (χ1n) is 9.16. The van der Waals surface area contributed by atoms with E-state index >= 15 is 0 Å². The Morgan fingerprint density at radius 1 is 1.11 bits per heavy atom. The lowest BCUT2D eigenvalue weighted by atomic mass is 10.2. The number of aryl methyl sites for hydroxylation is 2. The maximum atomic E-state index is 12.9. The van der Waals surface area contributed by atoms with Gasteiger partial charge in [-0.15, -0.1) is 11.8 Å². The molecule has 0 aliphatic carbocycles. The van der Waals surface area contributed by atoms with Crippen LogP contribution in [0.4, 0.5) is 0 Å². The zero-order valence-electron chi connectivity index (χ0n) is 16.7. The van der Waals surface area contributed by atoms with Gasteiger partial charge < -0.3 is 4.74 Å². The molecule has 0 amide bonds. The molecule has 1 N–H and O–H groups in total. The van der Waals surface area contributed by atoms with Crippen molar-refractivity contribution in [1.29, 1.82) is 0 Å². The van der Waals surface area contributed by atoms with Crippen LogP contribution in [0.3, 0.4) is 0 Å². The molecule has 0 aliphatic rings. The first kappa shape index (κ1) is 20.0. The van der Waals surface area contributed by atoms with E-state index in [1.807, 2.05) is 38.1 Å². The number of nitrogens with zero attached hydrogens (tertiary/aromatic N) is 2. The minimum Gasteiger partial charge on any atom is -0.497 e. The number of aromatic nitrogens is 2. The van der Waals surface area contributed by atoms with Gasteiger partial charge in [-0.1, -0.05) is 17.7 Å². The van der Waals surface area contributed by atoms with Crippen LogP contribution >= 0.6 is 11.8 Å². The molecule has 0 bridgehead atoms. The average molecular weight is 396 g/mol. The molecule has 1 heterocycles. The predicted molar refractivity (Wildman–Crippen MR) is 117 cm³/mol. The van der Waals surface area contributed by atoms with Gasteiger partial charge in [-0.25, -0.2) is 4.68 Å². The van der Waals surface area contributed by atoms with Crippen LogP contribution in [0, 0.1) is 13.8 Å². The van der Waals surface area contributed by atoms with Crippen LogP contribution in [0.15, 0.2) is 63.2 Å². The molecule has 5 nitrogen and oxygen atoms in total. The number of nitrogens with one attached hydrogen (secondary N) is 1. The molecular weight excluding hydrogens is 370 g/mol. The maximum Gasteiger partial charge on any atom is 0.280 e. The van der Waals surface area contributed by atoms with Gasteiger partial charge in [-0.3, -0.25) is 14.9 Å². The number of thioether (sulfide) groups is 1. The third kappa shape index (κ3) is 4.57. The highest BCUT2D eigenvalue weighted by atomic mass is 32.2. The fraction of sp³-hybridized carbons (Fsp3) is 0.273. The zero-order valence-corrected chi connectivity index (χ0v) is 17.5. The van der Waals surface area contributed by atoms with Crippen molar-refractivity contribution < 1.29 is 4.74 Å². The molecule has 6 heteroatoms. The molecular formula is C22H25N3O2S. The van der Waals surface area contributed by atoms with Gasteiger partial charge in [0.25, 0.3) is 5.56 Å². The molecule has 0 saturated carbocycles. The van der Waals surface area contributed by atoms with Crippen molar-refractivity contribution in [3.8, 4) is 11.4 Å². The highest BCUT2D eigenvalue weighted by Gasteiger charge is 2.14. The molecule has 146 valence electrons. The van der Waals surface area contributed by atoms with Gasteiger partial charge in [0, 0.05) is 28.6 Å². The Balaban J connectivity index is 1.71. The number of aliphatic imine (C=N–C) groups is 1. The number of rotatable bonds is 7. The van der Waals surface area contributed by atoms with Gasteiger partial charge in [-0.2, -0.15) is 0 Å². The van der Waals surface area contributed by atoms with Crippen molar-refractivity contribution >= 4 is 17.5 Å². The number of hydrogen-bond donors (Lipinski definition) is 1. The standard InChI is InChI=1S/C22H25N3O2S/c1-15-5-11-20(12-6-15)28-14-13-23-16(2)21-17(3)24-25(22(21)26)18-7-9-19(27-4)10-8-18/h5-12,24H,13-14H2,1-4H3. The minimum absolute atomic E-state index is 0.0879. The summed E-state index contributed by atoms with van der Waals surface area (Å²) >= 11 is 1.77. The molecule has 0 aliphatic heterocycles. The number of ether oxygens (including phenoxy) is 1. The van der Waals surface area contributed by atoms with Gasteiger partial charge in [0.1, 0.15) is 5.75 Å². The van der Waals surface area contributed by atoms with E-state index in [0.717, 1.165) is 28.6 Å². The van der Waals surface area contributed by atoms with Crippen LogP contribution in [-0.4, -0.2) is 34.9 Å². The summed E-state index contributed by atoms with van der Waals surface area (Å²) < 4.78 is 6.72. The Labute approximate surface area is 169 Å². The Kier molecular flexibility index (Phi) is 6.41. The molecule has 3 aromatic rings. The number of aromatic amines is 1. The van der Waals surface area contributed by atoms with Gasteiger partial charge in [-0.05, 0) is 57.2 Å². The fourth-order valence-electron chi connectivity index (χ4n) is 2.98. The summed E-state index contributed by atoms with van der Waals surface area (Å²) in [6.45, 7) is 6.54. The Morgan fingerprint density at radius 2 is 1.79 bits per heavy atom. The van der Waals surface area contributed by atoms with Crippen LogP contribution in [0.2, 0.25) is 0 Å². The van der Waals surface area contributed by atoms with Gasteiger partial charge >= 0.3 is 0 Å². The van der Waals surface area contributed by atoms with E-state index in [4.69, 9.17) is 4.74 Å². The molecule has 0 spiro atoms. The number of H-pyrrole nitrogens is 1. The van der Waals surface area contributed by atoms with Crippen LogP contribution in [0.1, 0.15) is 23.7 Å². The maximum absolute atomic E-state index is 12.9. The average Bonchev–Trinajstić information content (AvgIpc) is 3.00. The van der Waals surface area contributed by atoms with Crippen LogP contribution in [0.25, 0.3) is 5.69 Å². The molecule has 0 atom stereocenters. The van der Waals surface area contributed by atoms with Crippen LogP contribution in [-0.2, 0) is 0 Å². The van der Waals surface area contributed by atoms with E-state index in [-0.39, 0.29) is 5.56 Å². The van der Waals surface area contributed by atoms with Gasteiger partial charge in [0.15, 0.2) is 0 Å². The highest BCUT2D eigenvalue weighted by Crippen LogP contribution is 2.18. The van der Waals surface area contributed by atoms with Gasteiger partial charge in [0.2, 0.25) is 0 Å². The molecule has 3 rings (SSSR count). The second-order valence-electron chi connectivity index (χ2n) is 6.58. The Bertz CT molecular complexity index is 1020. The lowest BCUT2D eigenvalue weighted by Gasteiger charge is -2.03. The van der Waals surface area contributed by atoms with E-state index < -0.39 is 0 Å². The van der Waals surface area contributed by atoms with Crippen molar-refractivity contribution in [1.82, 2.24) is 9.78 Å². The van der Waals surface area contributed by atoms with Crippen molar-refractivity contribution in [3.63, 3.8) is 0 Å². The summed E-state index contributed by atoms with van der Waals surface area (Å²) in [5.74, 6) is 1.63. The van der Waals surface area contributed by atoms with E-state index in [0.29, 0.717) is 12.1 Å². The second kappa shape index (κ2) is 8.97. The topological polar surface area (TPSA) is 59.4 Å². The fourth-order valence-corrected chi connectivity index (χ4v) is 3.72. The van der Waals surface area contributed by atoms with Crippen molar-refractivity contribution in [2.24, 2.45) is 4.99 Å². The monoisotopic (exact) mass is 395 g/mol. The van der Waals surface area contributed by atoms with Crippen molar-refractivity contribution in [3.05, 3.63) is 75.7 Å². The quantitative estimate of drug-likeness (QED) is 0.367. The van der Waals surface area contributed by atoms with Gasteiger partial charge in [0.05, 0.1) is 18.4 Å². The Morgan fingerprint density at radius 3 is 2.43 bits per heavy atom. The summed E-state index contributed by atoms with van der Waals surface area (Å²) in [4.78, 5) is 18.7. The lowest BCUT2D eigenvalue weighted by molar-refractivity contribution is 0.414.